The van der Waals surface area contributed by atoms with Crippen LogP contribution in [0, 0.1) is 0 Å². The molecule has 0 radical (unpaired) electrons. The molecule has 1 aliphatic rings. The molecule has 4 heteroatoms. The maximum Gasteiger partial charge on any atom is 0.144 e. The zero-order valence-electron chi connectivity index (χ0n) is 10.9. The van der Waals surface area contributed by atoms with E-state index in [9.17, 15) is 5.11 Å². The van der Waals surface area contributed by atoms with Gasteiger partial charge in [0.2, 0.25) is 0 Å². The topological polar surface area (TPSA) is 58.7 Å². The van der Waals surface area contributed by atoms with E-state index in [0.717, 1.165) is 37.2 Å². The highest BCUT2D eigenvalue weighted by molar-refractivity contribution is 5.74. The first-order valence-corrected chi connectivity index (χ1v) is 6.66. The van der Waals surface area contributed by atoms with Crippen molar-refractivity contribution in [3.05, 3.63) is 18.2 Å². The maximum absolute atomic E-state index is 9.39. The summed E-state index contributed by atoms with van der Waals surface area (Å²) in [5.74, 6) is 0.748. The summed E-state index contributed by atoms with van der Waals surface area (Å²) in [6, 6.07) is 6.05. The molecule has 0 aliphatic carbocycles. The zero-order valence-corrected chi connectivity index (χ0v) is 10.9. The molecule has 1 atom stereocenters. The molecule has 100 valence electrons. The van der Waals surface area contributed by atoms with E-state index in [4.69, 9.17) is 10.5 Å². The van der Waals surface area contributed by atoms with E-state index in [1.165, 1.54) is 0 Å². The highest BCUT2D eigenvalue weighted by Crippen LogP contribution is 2.36. The number of hydrogen-bond donors (Lipinski definition) is 2. The van der Waals surface area contributed by atoms with Crippen LogP contribution in [0.3, 0.4) is 0 Å². The first kappa shape index (κ1) is 13.0. The van der Waals surface area contributed by atoms with Crippen molar-refractivity contribution in [2.75, 3.05) is 30.4 Å². The number of hydrogen-bond acceptors (Lipinski definition) is 4. The number of para-hydroxylation sites is 1. The average molecular weight is 250 g/mol. The number of nitrogens with two attached hydrogens (primary N) is 1. The summed E-state index contributed by atoms with van der Waals surface area (Å²) in [5, 5.41) is 9.39. The molecule has 1 aliphatic heterocycles. The van der Waals surface area contributed by atoms with E-state index < -0.39 is 0 Å². The Labute approximate surface area is 108 Å². The fourth-order valence-corrected chi connectivity index (χ4v) is 2.46. The Morgan fingerprint density at radius 1 is 1.50 bits per heavy atom. The molecule has 0 saturated carbocycles. The number of anilines is 2. The largest absolute Gasteiger partial charge is 0.491 e. The predicted molar refractivity (Wildman–Crippen MR) is 74.1 cm³/mol. The summed E-state index contributed by atoms with van der Waals surface area (Å²) in [6.45, 7) is 3.88. The number of nitrogens with zero attached hydrogens (tertiary/aromatic N) is 1. The van der Waals surface area contributed by atoms with Crippen molar-refractivity contribution in [1.29, 1.82) is 0 Å². The van der Waals surface area contributed by atoms with Crippen molar-refractivity contribution >= 4 is 11.4 Å². The van der Waals surface area contributed by atoms with Gasteiger partial charge >= 0.3 is 0 Å². The molecule has 4 nitrogen and oxygen atoms in total. The molecule has 1 saturated heterocycles. The Hall–Kier alpha value is -1.42. The number of nitrogen functional groups attached to an aromatic ring is 1. The van der Waals surface area contributed by atoms with E-state index in [2.05, 4.69) is 11.8 Å². The molecule has 0 bridgehead atoms. The van der Waals surface area contributed by atoms with Gasteiger partial charge in [-0.25, -0.2) is 0 Å². The third-order valence-electron chi connectivity index (χ3n) is 3.40. The fourth-order valence-electron chi connectivity index (χ4n) is 2.46. The molecule has 0 spiro atoms. The molecule has 2 rings (SSSR count). The number of ether oxygens (including phenoxy) is 1. The van der Waals surface area contributed by atoms with Gasteiger partial charge in [-0.05, 0) is 31.4 Å². The summed E-state index contributed by atoms with van der Waals surface area (Å²) in [4.78, 5) is 2.19. The lowest BCUT2D eigenvalue weighted by atomic mass is 10.2. The van der Waals surface area contributed by atoms with Gasteiger partial charge in [0, 0.05) is 6.54 Å². The molecule has 1 heterocycles. The second kappa shape index (κ2) is 5.96. The van der Waals surface area contributed by atoms with Crippen molar-refractivity contribution in [3.63, 3.8) is 0 Å². The monoisotopic (exact) mass is 250 g/mol. The minimum Gasteiger partial charge on any atom is -0.491 e. The van der Waals surface area contributed by atoms with Gasteiger partial charge in [-0.15, -0.1) is 0 Å². The molecule has 18 heavy (non-hydrogen) atoms. The first-order valence-electron chi connectivity index (χ1n) is 6.66. The Bertz CT molecular complexity index is 395. The highest BCUT2D eigenvalue weighted by Gasteiger charge is 2.26. The number of rotatable bonds is 5. The maximum atomic E-state index is 9.39. The molecular formula is C14H22N2O2. The standard InChI is InChI=1S/C14H22N2O2/c1-2-9-18-13-7-3-6-12(14(13)15)16-8-4-5-11(16)10-17/h3,6-7,11,17H,2,4-5,8-10,15H2,1H3. The lowest BCUT2D eigenvalue weighted by Gasteiger charge is -2.27. The summed E-state index contributed by atoms with van der Waals surface area (Å²) in [6.07, 6.45) is 3.09. The van der Waals surface area contributed by atoms with Crippen molar-refractivity contribution in [3.8, 4) is 5.75 Å². The zero-order chi connectivity index (χ0) is 13.0. The van der Waals surface area contributed by atoms with E-state index in [1.54, 1.807) is 0 Å². The van der Waals surface area contributed by atoms with Crippen LogP contribution in [-0.4, -0.2) is 30.9 Å². The number of aliphatic hydroxyl groups excluding tert-OH is 1. The Morgan fingerprint density at radius 2 is 2.33 bits per heavy atom. The SMILES string of the molecule is CCCOc1cccc(N2CCCC2CO)c1N. The van der Waals surface area contributed by atoms with Crippen LogP contribution >= 0.6 is 0 Å². The van der Waals surface area contributed by atoms with Crippen LogP contribution in [0.4, 0.5) is 11.4 Å². The van der Waals surface area contributed by atoms with Gasteiger partial charge < -0.3 is 20.5 Å². The van der Waals surface area contributed by atoms with Crippen molar-refractivity contribution < 1.29 is 9.84 Å². The van der Waals surface area contributed by atoms with E-state index in [0.29, 0.717) is 12.3 Å². The highest BCUT2D eigenvalue weighted by atomic mass is 16.5. The van der Waals surface area contributed by atoms with Crippen LogP contribution in [0.5, 0.6) is 5.75 Å². The number of aliphatic hydroxyl groups is 1. The van der Waals surface area contributed by atoms with Crippen LogP contribution in [-0.2, 0) is 0 Å². The van der Waals surface area contributed by atoms with E-state index in [1.807, 2.05) is 18.2 Å². The minimum atomic E-state index is 0.180. The molecule has 1 fully saturated rings. The molecule has 1 aromatic rings. The average Bonchev–Trinajstić information content (AvgIpc) is 2.85. The molecule has 1 unspecified atom stereocenters. The van der Waals surface area contributed by atoms with Crippen molar-refractivity contribution in [2.24, 2.45) is 0 Å². The predicted octanol–water partition coefficient (Wildman–Crippen LogP) is 2.02. The van der Waals surface area contributed by atoms with Crippen LogP contribution in [0.1, 0.15) is 26.2 Å². The van der Waals surface area contributed by atoms with E-state index >= 15 is 0 Å². The summed E-state index contributed by atoms with van der Waals surface area (Å²) in [5.41, 5.74) is 7.85. The van der Waals surface area contributed by atoms with Gasteiger partial charge in [-0.3, -0.25) is 0 Å². The van der Waals surface area contributed by atoms with Crippen LogP contribution in [0.2, 0.25) is 0 Å². The molecule has 0 amide bonds. The van der Waals surface area contributed by atoms with Crippen LogP contribution in [0.15, 0.2) is 18.2 Å². The molecular weight excluding hydrogens is 228 g/mol. The fraction of sp³-hybridized carbons (Fsp3) is 0.571. The van der Waals surface area contributed by atoms with Crippen LogP contribution in [0.25, 0.3) is 0 Å². The molecule has 3 N–H and O–H groups in total. The Morgan fingerprint density at radius 3 is 3.06 bits per heavy atom. The van der Waals surface area contributed by atoms with E-state index in [-0.39, 0.29) is 12.6 Å². The quantitative estimate of drug-likeness (QED) is 0.785. The third-order valence-corrected chi connectivity index (χ3v) is 3.40. The molecule has 1 aromatic carbocycles. The van der Waals surface area contributed by atoms with Gasteiger partial charge in [0.25, 0.3) is 0 Å². The van der Waals surface area contributed by atoms with Gasteiger partial charge in [0.1, 0.15) is 5.75 Å². The minimum absolute atomic E-state index is 0.180. The van der Waals surface area contributed by atoms with Gasteiger partial charge in [0.15, 0.2) is 0 Å². The Balaban J connectivity index is 2.22. The number of benzene rings is 1. The smallest absolute Gasteiger partial charge is 0.144 e. The van der Waals surface area contributed by atoms with Crippen molar-refractivity contribution in [2.45, 2.75) is 32.2 Å². The second-order valence-corrected chi connectivity index (χ2v) is 4.71. The second-order valence-electron chi connectivity index (χ2n) is 4.71. The first-order chi connectivity index (χ1) is 8.77. The molecule has 0 aromatic heterocycles. The van der Waals surface area contributed by atoms with Crippen molar-refractivity contribution in [1.82, 2.24) is 0 Å². The third kappa shape index (κ3) is 2.53. The Kier molecular flexibility index (Phi) is 4.31. The summed E-state index contributed by atoms with van der Waals surface area (Å²) < 4.78 is 5.64. The van der Waals surface area contributed by atoms with Crippen LogP contribution < -0.4 is 15.4 Å². The van der Waals surface area contributed by atoms with Gasteiger partial charge in [-0.2, -0.15) is 0 Å². The summed E-state index contributed by atoms with van der Waals surface area (Å²) in [7, 11) is 0. The van der Waals surface area contributed by atoms with Gasteiger partial charge in [0.05, 0.1) is 30.6 Å². The summed E-state index contributed by atoms with van der Waals surface area (Å²) >= 11 is 0. The lowest BCUT2D eigenvalue weighted by molar-refractivity contribution is 0.266. The van der Waals surface area contributed by atoms with Gasteiger partial charge in [-0.1, -0.05) is 13.0 Å². The lowest BCUT2D eigenvalue weighted by Crippen LogP contribution is -2.32. The normalized spacial score (nSPS) is 19.2.